The number of ether oxygens (including phenoxy) is 1. The second-order valence-corrected chi connectivity index (χ2v) is 4.02. The van der Waals surface area contributed by atoms with Gasteiger partial charge in [0.25, 0.3) is 5.91 Å². The predicted octanol–water partition coefficient (Wildman–Crippen LogP) is 1.78. The van der Waals surface area contributed by atoms with Gasteiger partial charge in [0.15, 0.2) is 0 Å². The molecule has 1 aromatic rings. The predicted molar refractivity (Wildman–Crippen MR) is 63.7 cm³/mol. The first-order valence-electron chi connectivity index (χ1n) is 4.98. The highest BCUT2D eigenvalue weighted by Gasteiger charge is 2.23. The average molecular weight is 252 g/mol. The zero-order valence-corrected chi connectivity index (χ0v) is 9.88. The molecule has 0 spiro atoms. The van der Waals surface area contributed by atoms with E-state index in [1.165, 1.54) is 7.11 Å². The maximum Gasteiger partial charge on any atom is 0.254 e. The van der Waals surface area contributed by atoms with E-state index in [-0.39, 0.29) is 18.2 Å². The van der Waals surface area contributed by atoms with E-state index in [1.807, 2.05) is 0 Å². The summed E-state index contributed by atoms with van der Waals surface area (Å²) < 4.78 is 5.02. The van der Waals surface area contributed by atoms with Gasteiger partial charge in [0, 0.05) is 5.57 Å². The molecule has 17 heavy (non-hydrogen) atoms. The Labute approximate surface area is 103 Å². The van der Waals surface area contributed by atoms with Crippen LogP contribution in [0, 0.1) is 0 Å². The van der Waals surface area contributed by atoms with Crippen molar-refractivity contribution in [3.05, 3.63) is 34.4 Å². The monoisotopic (exact) mass is 251 g/mol. The van der Waals surface area contributed by atoms with Gasteiger partial charge in [0.05, 0.1) is 18.6 Å². The fraction of sp³-hybridized carbons (Fsp3) is 0.167. The van der Waals surface area contributed by atoms with Crippen LogP contribution in [-0.2, 0) is 9.59 Å². The van der Waals surface area contributed by atoms with Gasteiger partial charge < -0.3 is 4.74 Å². The van der Waals surface area contributed by atoms with Crippen molar-refractivity contribution in [2.24, 2.45) is 0 Å². The Morgan fingerprint density at radius 3 is 2.71 bits per heavy atom. The van der Waals surface area contributed by atoms with Gasteiger partial charge in [-0.2, -0.15) is 0 Å². The molecular formula is C12H10ClNO3. The molecule has 1 heterocycles. The summed E-state index contributed by atoms with van der Waals surface area (Å²) in [7, 11) is 1.53. The average Bonchev–Trinajstić information content (AvgIpc) is 2.58. The fourth-order valence-corrected chi connectivity index (χ4v) is 1.86. The zero-order chi connectivity index (χ0) is 12.4. The number of carbonyl (C=O) groups excluding carboxylic acids is 2. The third-order valence-corrected chi connectivity index (χ3v) is 2.71. The highest BCUT2D eigenvalue weighted by Crippen LogP contribution is 2.26. The fourth-order valence-electron chi connectivity index (χ4n) is 1.59. The summed E-state index contributed by atoms with van der Waals surface area (Å²) in [5.41, 5.74) is 1.20. The molecule has 0 bridgehead atoms. The molecule has 5 heteroatoms. The Bertz CT molecular complexity index is 522. The van der Waals surface area contributed by atoms with Crippen LogP contribution in [0.25, 0.3) is 6.08 Å². The standard InChI is InChI=1S/C12H10ClNO3/c1-17-10-3-2-7(5-9(10)13)4-8-6-11(15)14-12(8)16/h2-5H,6H2,1H3,(H,14,15,16). The molecule has 88 valence electrons. The van der Waals surface area contributed by atoms with Crippen LogP contribution in [0.15, 0.2) is 23.8 Å². The number of benzene rings is 1. The van der Waals surface area contributed by atoms with Crippen LogP contribution in [0.1, 0.15) is 12.0 Å². The van der Waals surface area contributed by atoms with Crippen molar-refractivity contribution >= 4 is 29.5 Å². The van der Waals surface area contributed by atoms with Crippen molar-refractivity contribution in [1.29, 1.82) is 0 Å². The number of amides is 2. The summed E-state index contributed by atoms with van der Waals surface area (Å²) in [6.07, 6.45) is 1.76. The van der Waals surface area contributed by atoms with E-state index in [9.17, 15) is 9.59 Å². The van der Waals surface area contributed by atoms with E-state index in [1.54, 1.807) is 24.3 Å². The summed E-state index contributed by atoms with van der Waals surface area (Å²) in [5.74, 6) is -0.0523. The lowest BCUT2D eigenvalue weighted by Crippen LogP contribution is -2.19. The van der Waals surface area contributed by atoms with Crippen LogP contribution in [0.4, 0.5) is 0 Å². The van der Waals surface area contributed by atoms with E-state index in [0.717, 1.165) is 5.56 Å². The first-order valence-corrected chi connectivity index (χ1v) is 5.36. The molecular weight excluding hydrogens is 242 g/mol. The van der Waals surface area contributed by atoms with E-state index < -0.39 is 0 Å². The molecule has 0 aliphatic carbocycles. The van der Waals surface area contributed by atoms with E-state index >= 15 is 0 Å². The third-order valence-electron chi connectivity index (χ3n) is 2.41. The molecule has 1 aliphatic heterocycles. The summed E-state index contributed by atoms with van der Waals surface area (Å²) in [4.78, 5) is 22.3. The van der Waals surface area contributed by atoms with Crippen molar-refractivity contribution in [3.8, 4) is 5.75 Å². The number of methoxy groups -OCH3 is 1. The van der Waals surface area contributed by atoms with Gasteiger partial charge in [-0.15, -0.1) is 0 Å². The zero-order valence-electron chi connectivity index (χ0n) is 9.12. The molecule has 1 aliphatic rings. The number of imide groups is 1. The first kappa shape index (κ1) is 11.7. The SMILES string of the molecule is COc1ccc(C=C2CC(=O)NC2=O)cc1Cl. The van der Waals surface area contributed by atoms with Crippen LogP contribution in [-0.4, -0.2) is 18.9 Å². The van der Waals surface area contributed by atoms with Gasteiger partial charge in [-0.05, 0) is 23.8 Å². The van der Waals surface area contributed by atoms with Crippen LogP contribution in [0.5, 0.6) is 5.75 Å². The molecule has 1 aromatic carbocycles. The number of nitrogens with one attached hydrogen (secondary N) is 1. The molecule has 0 radical (unpaired) electrons. The first-order chi connectivity index (χ1) is 8.10. The minimum absolute atomic E-state index is 0.114. The van der Waals surface area contributed by atoms with Gasteiger partial charge in [-0.3, -0.25) is 14.9 Å². The second kappa shape index (κ2) is 4.59. The molecule has 1 N–H and O–H groups in total. The van der Waals surface area contributed by atoms with Crippen LogP contribution in [0.3, 0.4) is 0 Å². The van der Waals surface area contributed by atoms with E-state index in [4.69, 9.17) is 16.3 Å². The van der Waals surface area contributed by atoms with Crippen LogP contribution < -0.4 is 10.1 Å². The Hall–Kier alpha value is -1.81. The molecule has 1 saturated heterocycles. The lowest BCUT2D eigenvalue weighted by Gasteiger charge is -2.03. The minimum atomic E-state index is -0.345. The second-order valence-electron chi connectivity index (χ2n) is 3.62. The van der Waals surface area contributed by atoms with Crippen molar-refractivity contribution < 1.29 is 14.3 Å². The van der Waals surface area contributed by atoms with Crippen molar-refractivity contribution in [1.82, 2.24) is 5.32 Å². The van der Waals surface area contributed by atoms with Crippen molar-refractivity contribution in [3.63, 3.8) is 0 Å². The topological polar surface area (TPSA) is 55.4 Å². The van der Waals surface area contributed by atoms with Crippen molar-refractivity contribution in [2.75, 3.05) is 7.11 Å². The maximum atomic E-state index is 11.3. The molecule has 2 amide bonds. The molecule has 0 saturated carbocycles. The Morgan fingerprint density at radius 1 is 1.41 bits per heavy atom. The number of hydrogen-bond donors (Lipinski definition) is 1. The quantitative estimate of drug-likeness (QED) is 0.644. The number of hydrogen-bond acceptors (Lipinski definition) is 3. The molecule has 4 nitrogen and oxygen atoms in total. The minimum Gasteiger partial charge on any atom is -0.495 e. The Morgan fingerprint density at radius 2 is 2.18 bits per heavy atom. The summed E-state index contributed by atoms with van der Waals surface area (Å²) in [5, 5.41) is 2.68. The Balaban J connectivity index is 2.30. The number of halogens is 1. The highest BCUT2D eigenvalue weighted by molar-refractivity contribution is 6.32. The molecule has 0 atom stereocenters. The molecule has 2 rings (SSSR count). The third kappa shape index (κ3) is 2.47. The summed E-state index contributed by atoms with van der Waals surface area (Å²) >= 11 is 5.96. The van der Waals surface area contributed by atoms with Gasteiger partial charge in [-0.25, -0.2) is 0 Å². The lowest BCUT2D eigenvalue weighted by molar-refractivity contribution is -0.124. The van der Waals surface area contributed by atoms with E-state index in [0.29, 0.717) is 16.3 Å². The van der Waals surface area contributed by atoms with Crippen LogP contribution in [0.2, 0.25) is 5.02 Å². The van der Waals surface area contributed by atoms with Crippen LogP contribution >= 0.6 is 11.6 Å². The van der Waals surface area contributed by atoms with Gasteiger partial charge in [0.1, 0.15) is 5.75 Å². The number of rotatable bonds is 2. The molecule has 0 unspecified atom stereocenters. The summed E-state index contributed by atoms with van der Waals surface area (Å²) in [6.45, 7) is 0. The van der Waals surface area contributed by atoms with Gasteiger partial charge in [-0.1, -0.05) is 17.7 Å². The van der Waals surface area contributed by atoms with Crippen molar-refractivity contribution in [2.45, 2.75) is 6.42 Å². The normalized spacial score (nSPS) is 17.4. The van der Waals surface area contributed by atoms with E-state index in [2.05, 4.69) is 5.32 Å². The smallest absolute Gasteiger partial charge is 0.254 e. The van der Waals surface area contributed by atoms with Gasteiger partial charge in [0.2, 0.25) is 5.91 Å². The number of carbonyl (C=O) groups is 2. The lowest BCUT2D eigenvalue weighted by atomic mass is 10.1. The highest BCUT2D eigenvalue weighted by atomic mass is 35.5. The maximum absolute atomic E-state index is 11.3. The summed E-state index contributed by atoms with van der Waals surface area (Å²) in [6, 6.07) is 5.17. The molecule has 0 aromatic heterocycles. The van der Waals surface area contributed by atoms with Gasteiger partial charge >= 0.3 is 0 Å². The Kier molecular flexibility index (Phi) is 3.15. The largest absolute Gasteiger partial charge is 0.495 e. The molecule has 1 fully saturated rings.